The number of hydrogen-bond acceptors (Lipinski definition) is 3. The van der Waals surface area contributed by atoms with Crippen LogP contribution in [0.25, 0.3) is 0 Å². The van der Waals surface area contributed by atoms with Gasteiger partial charge in [-0.25, -0.2) is 13.1 Å². The van der Waals surface area contributed by atoms with Gasteiger partial charge in [-0.15, -0.1) is 0 Å². The normalized spacial score (nSPS) is 16.6. The molecule has 0 aliphatic rings. The molecule has 0 aliphatic carbocycles. The molecule has 0 spiro atoms. The van der Waals surface area contributed by atoms with Crippen LogP contribution in [-0.2, 0) is 14.8 Å². The molecule has 0 bridgehead atoms. The van der Waals surface area contributed by atoms with Crippen molar-refractivity contribution in [3.05, 3.63) is 0 Å². The van der Waals surface area contributed by atoms with Crippen molar-refractivity contribution in [1.29, 1.82) is 0 Å². The Morgan fingerprint density at radius 1 is 1.50 bits per heavy atom. The van der Waals surface area contributed by atoms with Gasteiger partial charge in [0, 0.05) is 18.0 Å². The van der Waals surface area contributed by atoms with Gasteiger partial charge in [0.25, 0.3) is 0 Å². The van der Waals surface area contributed by atoms with Crippen LogP contribution in [0.1, 0.15) is 20.3 Å². The lowest BCUT2D eigenvalue weighted by Gasteiger charge is -2.26. The highest BCUT2D eigenvalue weighted by Crippen LogP contribution is 2.13. The molecule has 0 heterocycles. The van der Waals surface area contributed by atoms with E-state index < -0.39 is 15.6 Å². The molecule has 14 heavy (non-hydrogen) atoms. The van der Waals surface area contributed by atoms with Gasteiger partial charge in [0.2, 0.25) is 10.0 Å². The minimum absolute atomic E-state index is 0.00604. The molecule has 1 atom stereocenters. The van der Waals surface area contributed by atoms with Gasteiger partial charge in [0.15, 0.2) is 0 Å². The maximum atomic E-state index is 11.5. The topological polar surface area (TPSA) is 55.4 Å². The summed E-state index contributed by atoms with van der Waals surface area (Å²) in [7, 11) is -1.75. The highest BCUT2D eigenvalue weighted by molar-refractivity contribution is 9.09. The lowest BCUT2D eigenvalue weighted by Crippen LogP contribution is -2.48. The molecule has 86 valence electrons. The van der Waals surface area contributed by atoms with Crippen molar-refractivity contribution >= 4 is 26.0 Å². The summed E-state index contributed by atoms with van der Waals surface area (Å²) in [5.41, 5.74) is -0.410. The maximum Gasteiger partial charge on any atom is 0.214 e. The van der Waals surface area contributed by atoms with E-state index in [1.807, 2.05) is 13.8 Å². The summed E-state index contributed by atoms with van der Waals surface area (Å²) < 4.78 is 30.4. The number of nitrogens with one attached hydrogen (secondary N) is 1. The maximum absolute atomic E-state index is 11.5. The molecule has 1 N–H and O–H groups in total. The third-order valence-electron chi connectivity index (χ3n) is 2.03. The average molecular weight is 288 g/mol. The van der Waals surface area contributed by atoms with Crippen LogP contribution in [0.4, 0.5) is 0 Å². The highest BCUT2D eigenvalue weighted by atomic mass is 79.9. The first-order valence-electron chi connectivity index (χ1n) is 4.45. The second-order valence-corrected chi connectivity index (χ2v) is 5.86. The first-order valence-corrected chi connectivity index (χ1v) is 7.23. The molecule has 0 radical (unpaired) electrons. The van der Waals surface area contributed by atoms with Crippen molar-refractivity contribution in [3.63, 3.8) is 0 Å². The van der Waals surface area contributed by atoms with E-state index in [0.29, 0.717) is 5.33 Å². The van der Waals surface area contributed by atoms with E-state index in [0.717, 1.165) is 6.42 Å². The molecule has 0 saturated carbocycles. The lowest BCUT2D eigenvalue weighted by atomic mass is 10.0. The minimum atomic E-state index is -3.23. The highest BCUT2D eigenvalue weighted by Gasteiger charge is 2.26. The molecule has 0 saturated heterocycles. The van der Waals surface area contributed by atoms with E-state index in [4.69, 9.17) is 4.74 Å². The van der Waals surface area contributed by atoms with Crippen LogP contribution >= 0.6 is 15.9 Å². The first kappa shape index (κ1) is 14.3. The SMILES string of the molecule is CCC(C)(CBr)NS(=O)(=O)CCOC. The van der Waals surface area contributed by atoms with Crippen LogP contribution < -0.4 is 4.72 Å². The van der Waals surface area contributed by atoms with Crippen LogP contribution in [-0.4, -0.2) is 38.8 Å². The number of alkyl halides is 1. The molecular weight excluding hydrogens is 270 g/mol. The first-order chi connectivity index (χ1) is 6.39. The number of sulfonamides is 1. The molecule has 0 aromatic rings. The van der Waals surface area contributed by atoms with E-state index in [9.17, 15) is 8.42 Å². The van der Waals surface area contributed by atoms with Crippen molar-refractivity contribution in [2.75, 3.05) is 24.8 Å². The quantitative estimate of drug-likeness (QED) is 0.714. The van der Waals surface area contributed by atoms with Crippen molar-refractivity contribution in [2.24, 2.45) is 0 Å². The Morgan fingerprint density at radius 3 is 2.43 bits per heavy atom. The van der Waals surface area contributed by atoms with Crippen LogP contribution in [0.15, 0.2) is 0 Å². The predicted octanol–water partition coefficient (Wildman–Crippen LogP) is 1.12. The molecular formula is C8H18BrNO3S. The van der Waals surface area contributed by atoms with Gasteiger partial charge in [-0.05, 0) is 13.3 Å². The molecule has 0 rings (SSSR count). The van der Waals surface area contributed by atoms with E-state index in [2.05, 4.69) is 20.7 Å². The molecule has 0 aromatic carbocycles. The fraction of sp³-hybridized carbons (Fsp3) is 1.00. The number of methoxy groups -OCH3 is 1. The summed E-state index contributed by atoms with van der Waals surface area (Å²) in [6.07, 6.45) is 0.741. The van der Waals surface area contributed by atoms with Crippen molar-refractivity contribution in [3.8, 4) is 0 Å². The molecule has 0 fully saturated rings. The smallest absolute Gasteiger partial charge is 0.214 e. The van der Waals surface area contributed by atoms with Gasteiger partial charge in [0.05, 0.1) is 12.4 Å². The Morgan fingerprint density at radius 2 is 2.07 bits per heavy atom. The average Bonchev–Trinajstić information content (AvgIpc) is 2.14. The third-order valence-corrected chi connectivity index (χ3v) is 4.78. The number of ether oxygens (including phenoxy) is 1. The van der Waals surface area contributed by atoms with Crippen LogP contribution in [0.5, 0.6) is 0 Å². The van der Waals surface area contributed by atoms with E-state index in [1.54, 1.807) is 0 Å². The third kappa shape index (κ3) is 5.29. The fourth-order valence-electron chi connectivity index (χ4n) is 0.813. The number of hydrogen-bond donors (Lipinski definition) is 1. The summed E-state index contributed by atoms with van der Waals surface area (Å²) in [5.74, 6) is 0.00604. The van der Waals surface area contributed by atoms with E-state index in [-0.39, 0.29) is 12.4 Å². The second kappa shape index (κ2) is 6.05. The molecule has 0 aromatic heterocycles. The van der Waals surface area contributed by atoms with E-state index in [1.165, 1.54) is 7.11 Å². The summed E-state index contributed by atoms with van der Waals surface area (Å²) in [6, 6.07) is 0. The Bertz CT molecular complexity index is 249. The molecule has 0 aliphatic heterocycles. The lowest BCUT2D eigenvalue weighted by molar-refractivity contribution is 0.216. The summed E-state index contributed by atoms with van der Waals surface area (Å²) in [6.45, 7) is 4.03. The molecule has 1 unspecified atom stereocenters. The van der Waals surface area contributed by atoms with Gasteiger partial charge >= 0.3 is 0 Å². The van der Waals surface area contributed by atoms with Crippen molar-refractivity contribution < 1.29 is 13.2 Å². The minimum Gasteiger partial charge on any atom is -0.384 e. The predicted molar refractivity (Wildman–Crippen MR) is 61.3 cm³/mol. The Kier molecular flexibility index (Phi) is 6.20. The van der Waals surface area contributed by atoms with Crippen LogP contribution in [0.2, 0.25) is 0 Å². The Balaban J connectivity index is 4.33. The van der Waals surface area contributed by atoms with Crippen molar-refractivity contribution in [2.45, 2.75) is 25.8 Å². The fourth-order valence-corrected chi connectivity index (χ4v) is 2.99. The standard InChI is InChI=1S/C8H18BrNO3S/c1-4-8(2,7-9)10-14(11,12)6-5-13-3/h10H,4-7H2,1-3H3. The van der Waals surface area contributed by atoms with E-state index >= 15 is 0 Å². The molecule has 4 nitrogen and oxygen atoms in total. The summed E-state index contributed by atoms with van der Waals surface area (Å²) in [4.78, 5) is 0. The van der Waals surface area contributed by atoms with Crippen molar-refractivity contribution in [1.82, 2.24) is 4.72 Å². The number of rotatable bonds is 7. The van der Waals surface area contributed by atoms with Gasteiger partial charge in [-0.2, -0.15) is 0 Å². The van der Waals surface area contributed by atoms with Gasteiger partial charge in [-0.1, -0.05) is 22.9 Å². The molecule has 6 heteroatoms. The van der Waals surface area contributed by atoms with Crippen LogP contribution in [0, 0.1) is 0 Å². The van der Waals surface area contributed by atoms with Crippen LogP contribution in [0.3, 0.4) is 0 Å². The van der Waals surface area contributed by atoms with Gasteiger partial charge in [0.1, 0.15) is 0 Å². The zero-order chi connectivity index (χ0) is 11.2. The zero-order valence-corrected chi connectivity index (χ0v) is 11.2. The number of halogens is 1. The Labute approximate surface area is 94.6 Å². The van der Waals surface area contributed by atoms with Gasteiger partial charge in [-0.3, -0.25) is 0 Å². The largest absolute Gasteiger partial charge is 0.384 e. The Hall–Kier alpha value is 0.350. The second-order valence-electron chi connectivity index (χ2n) is 3.46. The van der Waals surface area contributed by atoms with Gasteiger partial charge < -0.3 is 4.74 Å². The summed E-state index contributed by atoms with van der Waals surface area (Å²) >= 11 is 3.29. The zero-order valence-electron chi connectivity index (χ0n) is 8.84. The monoisotopic (exact) mass is 287 g/mol. The summed E-state index contributed by atoms with van der Waals surface area (Å²) in [5, 5.41) is 0.600. The molecule has 0 amide bonds.